The Morgan fingerprint density at radius 1 is 0.893 bits per heavy atom. The van der Waals surface area contributed by atoms with Gasteiger partial charge < -0.3 is 19.7 Å². The van der Waals surface area contributed by atoms with E-state index in [-0.39, 0.29) is 18.1 Å². The van der Waals surface area contributed by atoms with Crippen molar-refractivity contribution >= 4 is 5.97 Å². The number of ether oxygens (including phenoxy) is 2. The van der Waals surface area contributed by atoms with Crippen LogP contribution in [0, 0.1) is 0 Å². The topological polar surface area (TPSA) is 111 Å². The molecule has 28 heavy (non-hydrogen) atoms. The van der Waals surface area contributed by atoms with Gasteiger partial charge in [-0.1, -0.05) is 6.07 Å². The third-order valence-corrected chi connectivity index (χ3v) is 5.09. The Bertz CT molecular complexity index is 1090. The van der Waals surface area contributed by atoms with Gasteiger partial charge in [0.05, 0.1) is 12.2 Å². The van der Waals surface area contributed by atoms with Gasteiger partial charge in [0.2, 0.25) is 0 Å². The fourth-order valence-corrected chi connectivity index (χ4v) is 3.93. The number of nitrogens with two attached hydrogens (primary N) is 1. The number of rotatable bonds is 2. The van der Waals surface area contributed by atoms with Crippen molar-refractivity contribution in [3.63, 3.8) is 0 Å². The van der Waals surface area contributed by atoms with Crippen LogP contribution in [0.1, 0.15) is 32.6 Å². The molecule has 2 heterocycles. The van der Waals surface area contributed by atoms with Gasteiger partial charge in [0, 0.05) is 28.8 Å². The van der Waals surface area contributed by atoms with Crippen LogP contribution in [0.3, 0.4) is 0 Å². The molecule has 0 aliphatic carbocycles. The van der Waals surface area contributed by atoms with E-state index in [9.17, 15) is 15.0 Å². The second kappa shape index (κ2) is 5.72. The van der Waals surface area contributed by atoms with Gasteiger partial charge in [0.1, 0.15) is 23.0 Å². The van der Waals surface area contributed by atoms with Crippen LogP contribution in [0.2, 0.25) is 0 Å². The third kappa shape index (κ3) is 2.14. The molecule has 0 atom stereocenters. The molecule has 0 amide bonds. The minimum absolute atomic E-state index is 0.00679. The zero-order valence-corrected chi connectivity index (χ0v) is 14.5. The summed E-state index contributed by atoms with van der Waals surface area (Å²) in [5, 5.41) is 19.8. The highest BCUT2D eigenvalue weighted by atomic mass is 16.6. The minimum atomic E-state index is -1.28. The molecule has 140 valence electrons. The highest BCUT2D eigenvalue weighted by Crippen LogP contribution is 2.57. The number of phenols is 2. The molecule has 0 saturated heterocycles. The summed E-state index contributed by atoms with van der Waals surface area (Å²) in [4.78, 5) is 17.5. The summed E-state index contributed by atoms with van der Waals surface area (Å²) < 4.78 is 11.9. The number of hydrogen-bond acceptors (Lipinski definition) is 7. The van der Waals surface area contributed by atoms with E-state index in [1.54, 1.807) is 24.3 Å². The molecule has 0 radical (unpaired) electrons. The molecular weight excluding hydrogens is 362 g/mol. The number of fused-ring (bicyclic) bond motifs is 6. The lowest BCUT2D eigenvalue weighted by molar-refractivity contribution is 0.0224. The largest absolute Gasteiger partial charge is 0.508 e. The number of aromatic hydroxyl groups is 2. The number of phenolic OH excluding ortho intramolecular Hbond substituents is 2. The Morgan fingerprint density at radius 3 is 2.14 bits per heavy atom. The molecule has 4 N–H and O–H groups in total. The zero-order chi connectivity index (χ0) is 19.5. The molecule has 5 rings (SSSR count). The molecule has 7 heteroatoms. The molecule has 1 spiro atoms. The van der Waals surface area contributed by atoms with Crippen molar-refractivity contribution in [1.82, 2.24) is 0 Å². The van der Waals surface area contributed by atoms with Crippen LogP contribution in [0.4, 0.5) is 0 Å². The average Bonchev–Trinajstić information content (AvgIpc) is 2.94. The first-order valence-corrected chi connectivity index (χ1v) is 8.56. The van der Waals surface area contributed by atoms with Crippen LogP contribution in [0.25, 0.3) is 0 Å². The second-order valence-electron chi connectivity index (χ2n) is 6.72. The summed E-state index contributed by atoms with van der Waals surface area (Å²) in [7, 11) is 0. The van der Waals surface area contributed by atoms with Gasteiger partial charge in [0.15, 0.2) is 5.60 Å². The Labute approximate surface area is 159 Å². The van der Waals surface area contributed by atoms with Gasteiger partial charge in [-0.15, -0.1) is 0 Å². The molecule has 2 aliphatic rings. The van der Waals surface area contributed by atoms with Gasteiger partial charge in [-0.2, -0.15) is 0 Å². The Balaban J connectivity index is 1.86. The molecule has 0 bridgehead atoms. The molecule has 7 nitrogen and oxygen atoms in total. The van der Waals surface area contributed by atoms with E-state index >= 15 is 0 Å². The summed E-state index contributed by atoms with van der Waals surface area (Å²) in [6.45, 7) is 0.166. The molecule has 3 aromatic rings. The summed E-state index contributed by atoms with van der Waals surface area (Å²) in [6, 6.07) is 14.5. The predicted octanol–water partition coefficient (Wildman–Crippen LogP) is 3.06. The molecular formula is C21H15NO6. The molecule has 3 aromatic carbocycles. The maximum atomic E-state index is 12.7. The predicted molar refractivity (Wildman–Crippen MR) is 97.0 cm³/mol. The quantitative estimate of drug-likeness (QED) is 0.465. The first kappa shape index (κ1) is 16.6. The lowest BCUT2D eigenvalue weighted by Gasteiger charge is -2.36. The number of carbonyl (C=O) groups excluding carboxylic acids is 1. The van der Waals surface area contributed by atoms with E-state index in [0.29, 0.717) is 33.8 Å². The molecule has 2 aliphatic heterocycles. The first-order chi connectivity index (χ1) is 13.5. The van der Waals surface area contributed by atoms with Crippen LogP contribution < -0.4 is 10.6 Å². The lowest BCUT2D eigenvalue weighted by Crippen LogP contribution is -2.33. The first-order valence-electron chi connectivity index (χ1n) is 8.56. The van der Waals surface area contributed by atoms with Gasteiger partial charge in [-0.3, -0.25) is 4.84 Å². The fraction of sp³-hybridized carbons (Fsp3) is 0.0952. The van der Waals surface area contributed by atoms with E-state index in [1.165, 1.54) is 24.3 Å². The molecule has 0 aromatic heterocycles. The van der Waals surface area contributed by atoms with E-state index < -0.39 is 11.6 Å². The number of benzene rings is 3. The highest BCUT2D eigenvalue weighted by molar-refractivity contribution is 5.97. The second-order valence-corrected chi connectivity index (χ2v) is 6.72. The van der Waals surface area contributed by atoms with Crippen LogP contribution in [0.5, 0.6) is 23.0 Å². The van der Waals surface area contributed by atoms with Crippen LogP contribution >= 0.6 is 0 Å². The summed E-state index contributed by atoms with van der Waals surface area (Å²) >= 11 is 0. The zero-order valence-electron chi connectivity index (χ0n) is 14.5. The third-order valence-electron chi connectivity index (χ3n) is 5.09. The van der Waals surface area contributed by atoms with Crippen molar-refractivity contribution < 1.29 is 29.3 Å². The monoisotopic (exact) mass is 377 g/mol. The summed E-state index contributed by atoms with van der Waals surface area (Å²) in [6.07, 6.45) is 0. The summed E-state index contributed by atoms with van der Waals surface area (Å²) in [5.74, 6) is 5.42. The van der Waals surface area contributed by atoms with Crippen molar-refractivity contribution in [3.8, 4) is 23.0 Å². The Hall–Kier alpha value is -3.55. The van der Waals surface area contributed by atoms with Crippen molar-refractivity contribution in [1.29, 1.82) is 0 Å². The maximum absolute atomic E-state index is 12.7. The number of hydrogen-bond donors (Lipinski definition) is 3. The molecule has 0 saturated carbocycles. The summed E-state index contributed by atoms with van der Waals surface area (Å²) in [5.41, 5.74) is 1.67. The van der Waals surface area contributed by atoms with Crippen molar-refractivity contribution in [2.45, 2.75) is 12.2 Å². The molecule has 0 fully saturated rings. The van der Waals surface area contributed by atoms with E-state index in [2.05, 4.69) is 0 Å². The fourth-order valence-electron chi connectivity index (χ4n) is 3.93. The number of esters is 1. The van der Waals surface area contributed by atoms with Crippen molar-refractivity contribution in [2.24, 2.45) is 5.90 Å². The van der Waals surface area contributed by atoms with Gasteiger partial charge >= 0.3 is 5.97 Å². The van der Waals surface area contributed by atoms with Crippen LogP contribution in [0.15, 0.2) is 54.6 Å². The van der Waals surface area contributed by atoms with E-state index in [4.69, 9.17) is 20.2 Å². The van der Waals surface area contributed by atoms with E-state index in [1.807, 2.05) is 6.07 Å². The highest BCUT2D eigenvalue weighted by Gasteiger charge is 2.53. The lowest BCUT2D eigenvalue weighted by atomic mass is 9.77. The standard InChI is InChI=1S/C21H15NO6/c22-26-10-11-1-4-14-17(7-11)21(28-20(14)25)15-5-2-12(23)8-18(15)27-19-9-13(24)3-6-16(19)21/h1-9,23-24H,10,22H2. The number of carbonyl (C=O) groups is 1. The van der Waals surface area contributed by atoms with Gasteiger partial charge in [0.25, 0.3) is 0 Å². The maximum Gasteiger partial charge on any atom is 0.340 e. The average molecular weight is 377 g/mol. The van der Waals surface area contributed by atoms with E-state index in [0.717, 1.165) is 5.56 Å². The Kier molecular flexibility index (Phi) is 3.39. The van der Waals surface area contributed by atoms with Gasteiger partial charge in [-0.05, 0) is 42.0 Å². The van der Waals surface area contributed by atoms with Crippen LogP contribution in [-0.4, -0.2) is 16.2 Å². The molecule has 0 unspecified atom stereocenters. The van der Waals surface area contributed by atoms with Crippen molar-refractivity contribution in [2.75, 3.05) is 0 Å². The normalized spacial score (nSPS) is 15.4. The SMILES string of the molecule is NOCc1ccc2c(c1)C1(OC2=O)c2ccc(O)cc2Oc2cc(O)ccc21. The van der Waals surface area contributed by atoms with Gasteiger partial charge in [-0.25, -0.2) is 10.7 Å². The minimum Gasteiger partial charge on any atom is -0.508 e. The van der Waals surface area contributed by atoms with Crippen molar-refractivity contribution in [3.05, 3.63) is 82.4 Å². The van der Waals surface area contributed by atoms with Crippen LogP contribution in [-0.2, 0) is 21.8 Å². The Morgan fingerprint density at radius 2 is 1.54 bits per heavy atom. The smallest absolute Gasteiger partial charge is 0.340 e.